The first-order valence-corrected chi connectivity index (χ1v) is 9.07. The molecule has 0 spiro atoms. The molecule has 24 heavy (non-hydrogen) atoms. The maximum atomic E-state index is 5.71. The van der Waals surface area contributed by atoms with Crippen LogP contribution in [0.2, 0.25) is 0 Å². The highest BCUT2D eigenvalue weighted by atomic mass is 127. The summed E-state index contributed by atoms with van der Waals surface area (Å²) in [5.74, 6) is 2.42. The Hall–Kier alpha value is -0.830. The zero-order chi connectivity index (χ0) is 17.1. The van der Waals surface area contributed by atoms with Gasteiger partial charge in [-0.2, -0.15) is 11.8 Å². The van der Waals surface area contributed by atoms with Crippen molar-refractivity contribution < 1.29 is 9.47 Å². The minimum absolute atomic E-state index is 0. The van der Waals surface area contributed by atoms with E-state index >= 15 is 0 Å². The molecule has 0 heterocycles. The lowest BCUT2D eigenvalue weighted by molar-refractivity contribution is 0.319. The van der Waals surface area contributed by atoms with Gasteiger partial charge in [-0.25, -0.2) is 0 Å². The predicted molar refractivity (Wildman–Crippen MR) is 115 cm³/mol. The van der Waals surface area contributed by atoms with Crippen molar-refractivity contribution in [3.05, 3.63) is 24.3 Å². The number of thioether (sulfide) groups is 1. The third-order valence-electron chi connectivity index (χ3n) is 3.22. The lowest BCUT2D eigenvalue weighted by Crippen LogP contribution is -2.40. The van der Waals surface area contributed by atoms with Gasteiger partial charge in [-0.15, -0.1) is 24.0 Å². The average Bonchev–Trinajstić information content (AvgIpc) is 2.56. The van der Waals surface area contributed by atoms with Crippen LogP contribution >= 0.6 is 35.7 Å². The van der Waals surface area contributed by atoms with Crippen molar-refractivity contribution in [2.45, 2.75) is 25.5 Å². The largest absolute Gasteiger partial charge is 0.497 e. The molecule has 2 N–H and O–H groups in total. The van der Waals surface area contributed by atoms with Crippen molar-refractivity contribution in [1.82, 2.24) is 10.6 Å². The van der Waals surface area contributed by atoms with E-state index < -0.39 is 0 Å². The normalized spacial score (nSPS) is 11.5. The fourth-order valence-electron chi connectivity index (χ4n) is 1.71. The number of nitrogens with zero attached hydrogens (tertiary/aromatic N) is 1. The van der Waals surface area contributed by atoms with E-state index in [4.69, 9.17) is 9.47 Å². The first-order chi connectivity index (χ1) is 11.0. The number of rotatable bonds is 9. The standard InChI is InChI=1S/C17H29N3O2S.HI/c1-6-18-16(20-13-17(2,3)23-5)19-10-11-22-15-9-7-8-14(12-15)21-4;/h7-9,12H,6,10-11,13H2,1-5H3,(H2,18,19,20);1H. The number of hydrogen-bond acceptors (Lipinski definition) is 4. The Balaban J connectivity index is 0.00000529. The van der Waals surface area contributed by atoms with Crippen molar-refractivity contribution in [3.8, 4) is 11.5 Å². The molecule has 1 aromatic rings. The van der Waals surface area contributed by atoms with Gasteiger partial charge in [0, 0.05) is 17.4 Å². The molecule has 7 heteroatoms. The molecular weight excluding hydrogens is 437 g/mol. The SMILES string of the molecule is CCNC(=NCC(C)(C)SC)NCCOc1cccc(OC)c1.I. The van der Waals surface area contributed by atoms with Crippen molar-refractivity contribution in [2.24, 2.45) is 4.99 Å². The Labute approximate surface area is 167 Å². The van der Waals surface area contributed by atoms with E-state index in [2.05, 4.69) is 42.7 Å². The van der Waals surface area contributed by atoms with Crippen LogP contribution in [0.15, 0.2) is 29.3 Å². The first kappa shape index (κ1) is 23.2. The topological polar surface area (TPSA) is 54.9 Å². The summed E-state index contributed by atoms with van der Waals surface area (Å²) in [5, 5.41) is 6.54. The second kappa shape index (κ2) is 12.5. The van der Waals surface area contributed by atoms with Crippen LogP contribution in [0, 0.1) is 0 Å². The Morgan fingerprint density at radius 2 is 1.96 bits per heavy atom. The third kappa shape index (κ3) is 9.46. The second-order valence-corrected chi connectivity index (χ2v) is 7.13. The van der Waals surface area contributed by atoms with E-state index in [0.717, 1.165) is 30.5 Å². The summed E-state index contributed by atoms with van der Waals surface area (Å²) in [6.07, 6.45) is 2.11. The summed E-state index contributed by atoms with van der Waals surface area (Å²) in [6, 6.07) is 7.61. The number of nitrogens with one attached hydrogen (secondary N) is 2. The van der Waals surface area contributed by atoms with E-state index in [0.29, 0.717) is 13.2 Å². The van der Waals surface area contributed by atoms with Crippen molar-refractivity contribution in [1.29, 1.82) is 0 Å². The number of ether oxygens (including phenoxy) is 2. The molecular formula is C17H30IN3O2S. The summed E-state index contributed by atoms with van der Waals surface area (Å²) in [4.78, 5) is 4.63. The van der Waals surface area contributed by atoms with Gasteiger partial charge in [0.05, 0.1) is 20.2 Å². The first-order valence-electron chi connectivity index (χ1n) is 7.85. The smallest absolute Gasteiger partial charge is 0.191 e. The Morgan fingerprint density at radius 1 is 1.25 bits per heavy atom. The molecule has 0 fully saturated rings. The highest BCUT2D eigenvalue weighted by Crippen LogP contribution is 2.21. The van der Waals surface area contributed by atoms with E-state index in [1.54, 1.807) is 7.11 Å². The lowest BCUT2D eigenvalue weighted by atomic mass is 10.2. The van der Waals surface area contributed by atoms with E-state index in [1.807, 2.05) is 36.0 Å². The van der Waals surface area contributed by atoms with E-state index in [-0.39, 0.29) is 28.7 Å². The average molecular weight is 467 g/mol. The molecule has 0 aliphatic rings. The molecule has 1 aromatic carbocycles. The fraction of sp³-hybridized carbons (Fsp3) is 0.588. The van der Waals surface area contributed by atoms with E-state index in [9.17, 15) is 0 Å². The van der Waals surface area contributed by atoms with Gasteiger partial charge in [0.1, 0.15) is 18.1 Å². The maximum Gasteiger partial charge on any atom is 0.191 e. The van der Waals surface area contributed by atoms with Crippen LogP contribution < -0.4 is 20.1 Å². The van der Waals surface area contributed by atoms with Crippen LogP contribution in [0.25, 0.3) is 0 Å². The molecule has 0 unspecified atom stereocenters. The molecule has 138 valence electrons. The lowest BCUT2D eigenvalue weighted by Gasteiger charge is -2.20. The number of aliphatic imine (C=N–C) groups is 1. The minimum atomic E-state index is 0. The molecule has 1 rings (SSSR count). The monoisotopic (exact) mass is 467 g/mol. The van der Waals surface area contributed by atoms with Crippen LogP contribution in [-0.2, 0) is 0 Å². The Kier molecular flexibility index (Phi) is 12.1. The van der Waals surface area contributed by atoms with Gasteiger partial charge in [0.15, 0.2) is 5.96 Å². The predicted octanol–water partition coefficient (Wildman–Crippen LogP) is 3.39. The molecule has 0 aliphatic heterocycles. The third-order valence-corrected chi connectivity index (χ3v) is 4.45. The van der Waals surface area contributed by atoms with Crippen molar-refractivity contribution in [2.75, 3.05) is 39.6 Å². The molecule has 0 saturated carbocycles. The zero-order valence-corrected chi connectivity index (χ0v) is 18.4. The van der Waals surface area contributed by atoms with Crippen LogP contribution in [0.4, 0.5) is 0 Å². The highest BCUT2D eigenvalue weighted by molar-refractivity contribution is 14.0. The molecule has 0 saturated heterocycles. The summed E-state index contributed by atoms with van der Waals surface area (Å²) in [5.41, 5.74) is 0. The molecule has 5 nitrogen and oxygen atoms in total. The van der Waals surface area contributed by atoms with Gasteiger partial charge in [0.25, 0.3) is 0 Å². The van der Waals surface area contributed by atoms with Crippen LogP contribution in [0.5, 0.6) is 11.5 Å². The molecule has 0 bridgehead atoms. The summed E-state index contributed by atoms with van der Waals surface area (Å²) >= 11 is 1.82. The maximum absolute atomic E-state index is 5.71. The number of benzene rings is 1. The number of hydrogen-bond donors (Lipinski definition) is 2. The highest BCUT2D eigenvalue weighted by Gasteiger charge is 2.15. The number of guanidine groups is 1. The van der Waals surface area contributed by atoms with Crippen LogP contribution in [0.1, 0.15) is 20.8 Å². The van der Waals surface area contributed by atoms with Gasteiger partial charge >= 0.3 is 0 Å². The van der Waals surface area contributed by atoms with Crippen LogP contribution in [0.3, 0.4) is 0 Å². The van der Waals surface area contributed by atoms with Gasteiger partial charge in [0.2, 0.25) is 0 Å². The number of halogens is 1. The minimum Gasteiger partial charge on any atom is -0.497 e. The van der Waals surface area contributed by atoms with Crippen LogP contribution in [-0.4, -0.2) is 50.3 Å². The molecule has 0 radical (unpaired) electrons. The molecule has 0 aromatic heterocycles. The second-order valence-electron chi connectivity index (χ2n) is 5.61. The summed E-state index contributed by atoms with van der Waals surface area (Å²) in [7, 11) is 1.65. The van der Waals surface area contributed by atoms with Gasteiger partial charge in [-0.1, -0.05) is 6.07 Å². The summed E-state index contributed by atoms with van der Waals surface area (Å²) < 4.78 is 11.0. The zero-order valence-electron chi connectivity index (χ0n) is 15.2. The molecule has 0 atom stereocenters. The molecule has 0 amide bonds. The van der Waals surface area contributed by atoms with Gasteiger partial charge in [-0.3, -0.25) is 4.99 Å². The van der Waals surface area contributed by atoms with Gasteiger partial charge in [-0.05, 0) is 39.2 Å². The van der Waals surface area contributed by atoms with Crippen molar-refractivity contribution in [3.63, 3.8) is 0 Å². The van der Waals surface area contributed by atoms with E-state index in [1.165, 1.54) is 0 Å². The van der Waals surface area contributed by atoms with Crippen molar-refractivity contribution >= 4 is 41.7 Å². The number of methoxy groups -OCH3 is 1. The molecule has 0 aliphatic carbocycles. The quantitative estimate of drug-likeness (QED) is 0.253. The Bertz CT molecular complexity index is 498. The Morgan fingerprint density at radius 3 is 2.58 bits per heavy atom. The fourth-order valence-corrected chi connectivity index (χ4v) is 1.90. The summed E-state index contributed by atoms with van der Waals surface area (Å²) in [6.45, 7) is 9.28. The van der Waals surface area contributed by atoms with Gasteiger partial charge < -0.3 is 20.1 Å².